The zero-order valence-electron chi connectivity index (χ0n) is 17.6. The number of ether oxygens (including phenoxy) is 2. The van der Waals surface area contributed by atoms with E-state index in [9.17, 15) is 4.79 Å². The smallest absolute Gasteiger partial charge is 0.278 e. The van der Waals surface area contributed by atoms with Crippen LogP contribution in [0.1, 0.15) is 11.1 Å². The van der Waals surface area contributed by atoms with Crippen molar-refractivity contribution in [3.8, 4) is 22.8 Å². The topological polar surface area (TPSA) is 87.0 Å². The molecule has 0 atom stereocenters. The molecule has 0 spiro atoms. The van der Waals surface area contributed by atoms with Gasteiger partial charge in [-0.25, -0.2) is 0 Å². The van der Waals surface area contributed by atoms with E-state index in [0.717, 1.165) is 11.1 Å². The van der Waals surface area contributed by atoms with Gasteiger partial charge in [0.2, 0.25) is 0 Å². The van der Waals surface area contributed by atoms with Crippen molar-refractivity contribution in [2.75, 3.05) is 26.6 Å². The molecule has 1 amide bonds. The summed E-state index contributed by atoms with van der Waals surface area (Å²) in [4.78, 5) is 17.9. The van der Waals surface area contributed by atoms with E-state index < -0.39 is 5.91 Å². The van der Waals surface area contributed by atoms with Crippen LogP contribution in [-0.2, 0) is 16.7 Å². The van der Waals surface area contributed by atoms with E-state index >= 15 is 0 Å². The van der Waals surface area contributed by atoms with Gasteiger partial charge in [0.1, 0.15) is 7.11 Å². The Kier molecular flexibility index (Phi) is 6.36. The molecular formula is C22H24N4O4. The second-order valence-electron chi connectivity index (χ2n) is 6.54. The molecule has 0 saturated carbocycles. The fourth-order valence-corrected chi connectivity index (χ4v) is 3.06. The third-order valence-corrected chi connectivity index (χ3v) is 4.57. The number of benzene rings is 2. The van der Waals surface area contributed by atoms with Crippen molar-refractivity contribution in [1.82, 2.24) is 9.78 Å². The number of rotatable bonds is 7. The minimum Gasteiger partial charge on any atom is -0.493 e. The fourth-order valence-electron chi connectivity index (χ4n) is 3.06. The maximum Gasteiger partial charge on any atom is 0.278 e. The summed E-state index contributed by atoms with van der Waals surface area (Å²) < 4.78 is 12.4. The lowest BCUT2D eigenvalue weighted by molar-refractivity contribution is -0.110. The van der Waals surface area contributed by atoms with Gasteiger partial charge in [-0.3, -0.25) is 9.48 Å². The maximum atomic E-state index is 13.0. The van der Waals surface area contributed by atoms with Crippen molar-refractivity contribution in [2.45, 2.75) is 6.92 Å². The van der Waals surface area contributed by atoms with Gasteiger partial charge in [0.15, 0.2) is 17.2 Å². The fraction of sp³-hybridized carbons (Fsp3) is 0.227. The molecule has 30 heavy (non-hydrogen) atoms. The molecular weight excluding hydrogens is 384 g/mol. The van der Waals surface area contributed by atoms with Crippen molar-refractivity contribution in [2.24, 2.45) is 12.2 Å². The second kappa shape index (κ2) is 9.13. The Labute approximate surface area is 175 Å². The number of hydrogen-bond donors (Lipinski definition) is 1. The van der Waals surface area contributed by atoms with Crippen LogP contribution in [0.2, 0.25) is 0 Å². The third kappa shape index (κ3) is 4.27. The van der Waals surface area contributed by atoms with Crippen molar-refractivity contribution in [3.05, 3.63) is 59.8 Å². The lowest BCUT2D eigenvalue weighted by Crippen LogP contribution is -2.24. The lowest BCUT2D eigenvalue weighted by Gasteiger charge is -2.12. The van der Waals surface area contributed by atoms with Gasteiger partial charge in [-0.05, 0) is 25.1 Å². The van der Waals surface area contributed by atoms with Gasteiger partial charge in [-0.1, -0.05) is 35.0 Å². The van der Waals surface area contributed by atoms with Crippen molar-refractivity contribution < 1.29 is 19.1 Å². The summed E-state index contributed by atoms with van der Waals surface area (Å²) in [6, 6.07) is 13.0. The minimum absolute atomic E-state index is 0.166. The Balaban J connectivity index is 1.95. The predicted molar refractivity (Wildman–Crippen MR) is 115 cm³/mol. The number of carbonyl (C=O) groups excluding carboxylic acids is 1. The zero-order chi connectivity index (χ0) is 21.7. The lowest BCUT2D eigenvalue weighted by atomic mass is 10.1. The first-order valence-electron chi connectivity index (χ1n) is 9.22. The summed E-state index contributed by atoms with van der Waals surface area (Å²) in [6.07, 6.45) is 1.59. The average Bonchev–Trinajstić information content (AvgIpc) is 3.12. The number of aromatic nitrogens is 2. The molecule has 8 heteroatoms. The van der Waals surface area contributed by atoms with Crippen LogP contribution < -0.4 is 14.8 Å². The predicted octanol–water partition coefficient (Wildman–Crippen LogP) is 3.40. The second-order valence-corrected chi connectivity index (χ2v) is 6.54. The van der Waals surface area contributed by atoms with Gasteiger partial charge < -0.3 is 19.6 Å². The Hall–Kier alpha value is -3.81. The number of amides is 1. The molecule has 2 aromatic carbocycles. The third-order valence-electron chi connectivity index (χ3n) is 4.57. The van der Waals surface area contributed by atoms with E-state index in [0.29, 0.717) is 28.4 Å². The quantitative estimate of drug-likeness (QED) is 0.478. The van der Waals surface area contributed by atoms with Crippen LogP contribution in [0.4, 0.5) is 5.69 Å². The van der Waals surface area contributed by atoms with Gasteiger partial charge in [-0.2, -0.15) is 5.10 Å². The van der Waals surface area contributed by atoms with Crippen LogP contribution in [0.5, 0.6) is 11.5 Å². The highest BCUT2D eigenvalue weighted by atomic mass is 16.6. The zero-order valence-corrected chi connectivity index (χ0v) is 17.6. The highest BCUT2D eigenvalue weighted by Gasteiger charge is 2.20. The molecule has 0 aliphatic carbocycles. The summed E-state index contributed by atoms with van der Waals surface area (Å²) in [5.74, 6) is 0.785. The normalized spacial score (nSPS) is 11.2. The molecule has 0 fully saturated rings. The number of carbonyl (C=O) groups is 1. The van der Waals surface area contributed by atoms with Gasteiger partial charge in [0.05, 0.1) is 31.8 Å². The standard InChI is InChI=1S/C22H24N4O4/c1-14-6-8-15(9-7-14)20(25-30-5)22(27)24-17-13-23-26(2)21(17)16-10-11-18(28-3)19(12-16)29-4/h6-13H,1-5H3,(H,24,27)/b25-20+. The SMILES string of the molecule is CO/N=C(/C(=O)Nc1cnn(C)c1-c1ccc(OC)c(OC)c1)c1ccc(C)cc1. The molecule has 156 valence electrons. The first-order chi connectivity index (χ1) is 14.5. The highest BCUT2D eigenvalue weighted by Crippen LogP contribution is 2.35. The van der Waals surface area contributed by atoms with Crippen molar-refractivity contribution >= 4 is 17.3 Å². The van der Waals surface area contributed by atoms with Gasteiger partial charge in [-0.15, -0.1) is 0 Å². The Morgan fingerprint density at radius 1 is 1.03 bits per heavy atom. The highest BCUT2D eigenvalue weighted by molar-refractivity contribution is 6.48. The molecule has 3 rings (SSSR count). The summed E-state index contributed by atoms with van der Waals surface area (Å²) in [6.45, 7) is 1.97. The maximum absolute atomic E-state index is 13.0. The van der Waals surface area contributed by atoms with Crippen LogP contribution in [0.3, 0.4) is 0 Å². The van der Waals surface area contributed by atoms with Crippen LogP contribution in [-0.4, -0.2) is 42.7 Å². The number of anilines is 1. The van der Waals surface area contributed by atoms with Crippen LogP contribution in [0.25, 0.3) is 11.3 Å². The van der Waals surface area contributed by atoms with E-state index in [-0.39, 0.29) is 5.71 Å². The molecule has 0 aliphatic rings. The summed E-state index contributed by atoms with van der Waals surface area (Å²) >= 11 is 0. The van der Waals surface area contributed by atoms with E-state index in [2.05, 4.69) is 15.6 Å². The monoisotopic (exact) mass is 408 g/mol. The minimum atomic E-state index is -0.407. The largest absolute Gasteiger partial charge is 0.493 e. The first-order valence-corrected chi connectivity index (χ1v) is 9.22. The molecule has 1 aromatic heterocycles. The number of methoxy groups -OCH3 is 2. The van der Waals surface area contributed by atoms with Crippen LogP contribution in [0, 0.1) is 6.92 Å². The van der Waals surface area contributed by atoms with Gasteiger partial charge in [0, 0.05) is 18.2 Å². The molecule has 0 saturated heterocycles. The van der Waals surface area contributed by atoms with E-state index in [4.69, 9.17) is 14.3 Å². The summed E-state index contributed by atoms with van der Waals surface area (Å²) in [5.41, 5.74) is 3.95. The molecule has 0 bridgehead atoms. The molecule has 0 aliphatic heterocycles. The molecule has 3 aromatic rings. The Morgan fingerprint density at radius 3 is 2.37 bits per heavy atom. The Bertz CT molecular complexity index is 1070. The van der Waals surface area contributed by atoms with Gasteiger partial charge in [0.25, 0.3) is 5.91 Å². The Morgan fingerprint density at radius 2 is 1.73 bits per heavy atom. The van der Waals surface area contributed by atoms with Crippen molar-refractivity contribution in [1.29, 1.82) is 0 Å². The van der Waals surface area contributed by atoms with E-state index in [1.54, 1.807) is 38.2 Å². The van der Waals surface area contributed by atoms with Crippen molar-refractivity contribution in [3.63, 3.8) is 0 Å². The average molecular weight is 408 g/mol. The van der Waals surface area contributed by atoms with E-state index in [1.807, 2.05) is 43.3 Å². The number of nitrogens with zero attached hydrogens (tertiary/aromatic N) is 3. The summed E-state index contributed by atoms with van der Waals surface area (Å²) in [7, 11) is 6.35. The molecule has 1 N–H and O–H groups in total. The van der Waals surface area contributed by atoms with Gasteiger partial charge >= 0.3 is 0 Å². The number of oxime groups is 1. The first kappa shape index (κ1) is 20.9. The van der Waals surface area contributed by atoms with E-state index in [1.165, 1.54) is 7.11 Å². The van der Waals surface area contributed by atoms with Crippen LogP contribution >= 0.6 is 0 Å². The van der Waals surface area contributed by atoms with Crippen LogP contribution in [0.15, 0.2) is 53.8 Å². The molecule has 8 nitrogen and oxygen atoms in total. The molecule has 1 heterocycles. The summed E-state index contributed by atoms with van der Waals surface area (Å²) in [5, 5.41) is 11.1. The molecule has 0 unspecified atom stereocenters. The number of nitrogens with one attached hydrogen (secondary N) is 1. The number of aryl methyl sites for hydroxylation is 2. The molecule has 0 radical (unpaired) electrons. The number of hydrogen-bond acceptors (Lipinski definition) is 6.